The van der Waals surface area contributed by atoms with Gasteiger partial charge in [-0.15, -0.1) is 5.10 Å². The van der Waals surface area contributed by atoms with Crippen LogP contribution in [0.15, 0.2) is 42.6 Å². The molecule has 0 aliphatic heterocycles. The van der Waals surface area contributed by atoms with Crippen LogP contribution in [0, 0.1) is 3.57 Å². The lowest BCUT2D eigenvalue weighted by atomic mass is 10.3. The van der Waals surface area contributed by atoms with Crippen LogP contribution in [-0.4, -0.2) is 14.8 Å². The summed E-state index contributed by atoms with van der Waals surface area (Å²) < 4.78 is 2.82. The number of nitrogens with two attached hydrogens (primary N) is 1. The van der Waals surface area contributed by atoms with Crippen LogP contribution < -0.4 is 5.73 Å². The standard InChI is InChI=1S/C12H9IN4/c13-8-6-10-11(14)16-17(12(10)15-7-8)9-4-2-1-3-5-9/h1-7H,(H2,14,16). The van der Waals surface area contributed by atoms with Crippen LogP contribution in [0.1, 0.15) is 0 Å². The van der Waals surface area contributed by atoms with Gasteiger partial charge in [0.15, 0.2) is 11.5 Å². The van der Waals surface area contributed by atoms with Gasteiger partial charge in [-0.1, -0.05) is 18.2 Å². The van der Waals surface area contributed by atoms with E-state index in [9.17, 15) is 0 Å². The van der Waals surface area contributed by atoms with E-state index in [1.807, 2.05) is 42.6 Å². The summed E-state index contributed by atoms with van der Waals surface area (Å²) in [5.74, 6) is 0.509. The molecule has 0 aliphatic rings. The molecule has 0 saturated carbocycles. The number of rotatable bonds is 1. The van der Waals surface area contributed by atoms with Gasteiger partial charge >= 0.3 is 0 Å². The normalized spacial score (nSPS) is 10.9. The van der Waals surface area contributed by atoms with E-state index in [1.165, 1.54) is 0 Å². The van der Waals surface area contributed by atoms with Crippen LogP contribution in [0.2, 0.25) is 0 Å². The van der Waals surface area contributed by atoms with Crippen molar-refractivity contribution in [3.63, 3.8) is 0 Å². The SMILES string of the molecule is Nc1nn(-c2ccccc2)c2ncc(I)cc12. The van der Waals surface area contributed by atoms with E-state index in [0.29, 0.717) is 5.82 Å². The smallest absolute Gasteiger partial charge is 0.165 e. The van der Waals surface area contributed by atoms with Gasteiger partial charge in [-0.2, -0.15) is 0 Å². The molecule has 2 N–H and O–H groups in total. The van der Waals surface area contributed by atoms with E-state index in [-0.39, 0.29) is 0 Å². The molecule has 3 rings (SSSR count). The Morgan fingerprint density at radius 2 is 1.94 bits per heavy atom. The lowest BCUT2D eigenvalue weighted by molar-refractivity contribution is 0.902. The first-order valence-corrected chi connectivity index (χ1v) is 6.19. The molecule has 0 bridgehead atoms. The second kappa shape index (κ2) is 3.99. The molecule has 84 valence electrons. The number of fused-ring (bicyclic) bond motifs is 1. The topological polar surface area (TPSA) is 56.7 Å². The Balaban J connectivity index is 2.32. The molecule has 2 aromatic heterocycles. The predicted molar refractivity (Wildman–Crippen MR) is 76.0 cm³/mol. The molecule has 2 heterocycles. The number of aromatic nitrogens is 3. The number of halogens is 1. The number of para-hydroxylation sites is 1. The number of nitrogens with zero attached hydrogens (tertiary/aromatic N) is 3. The van der Waals surface area contributed by atoms with Crippen LogP contribution in [-0.2, 0) is 0 Å². The van der Waals surface area contributed by atoms with Gasteiger partial charge in [0.2, 0.25) is 0 Å². The molecule has 0 saturated heterocycles. The Bertz CT molecular complexity index is 676. The van der Waals surface area contributed by atoms with E-state index in [0.717, 1.165) is 20.3 Å². The fourth-order valence-corrected chi connectivity index (χ4v) is 2.20. The second-order valence-corrected chi connectivity index (χ2v) is 4.90. The van der Waals surface area contributed by atoms with Gasteiger partial charge in [-0.25, -0.2) is 9.67 Å². The van der Waals surface area contributed by atoms with E-state index >= 15 is 0 Å². The van der Waals surface area contributed by atoms with Crippen molar-refractivity contribution < 1.29 is 0 Å². The first-order chi connectivity index (χ1) is 8.25. The summed E-state index contributed by atoms with van der Waals surface area (Å²) in [5, 5.41) is 5.22. The zero-order valence-electron chi connectivity index (χ0n) is 8.84. The van der Waals surface area contributed by atoms with Crippen molar-refractivity contribution in [2.75, 3.05) is 5.73 Å². The van der Waals surface area contributed by atoms with Crippen LogP contribution in [0.3, 0.4) is 0 Å². The van der Waals surface area contributed by atoms with Crippen molar-refractivity contribution in [3.05, 3.63) is 46.2 Å². The molecule has 0 radical (unpaired) electrons. The van der Waals surface area contributed by atoms with Gasteiger partial charge in [0, 0.05) is 9.77 Å². The summed E-state index contributed by atoms with van der Waals surface area (Å²) in [5.41, 5.74) is 7.66. The zero-order valence-corrected chi connectivity index (χ0v) is 11.0. The van der Waals surface area contributed by atoms with Gasteiger partial charge in [-0.3, -0.25) is 0 Å². The fourth-order valence-electron chi connectivity index (χ4n) is 1.75. The van der Waals surface area contributed by atoms with Gasteiger partial charge in [0.25, 0.3) is 0 Å². The summed E-state index contributed by atoms with van der Waals surface area (Å²) in [6.45, 7) is 0. The Kier molecular flexibility index (Phi) is 2.47. The molecule has 0 fully saturated rings. The highest BCUT2D eigenvalue weighted by molar-refractivity contribution is 14.1. The second-order valence-electron chi connectivity index (χ2n) is 3.66. The first kappa shape index (κ1) is 10.5. The molecular formula is C12H9IN4. The monoisotopic (exact) mass is 336 g/mol. The number of anilines is 1. The zero-order chi connectivity index (χ0) is 11.8. The Morgan fingerprint density at radius 1 is 1.18 bits per heavy atom. The highest BCUT2D eigenvalue weighted by Crippen LogP contribution is 2.23. The maximum absolute atomic E-state index is 5.91. The molecule has 4 nitrogen and oxygen atoms in total. The number of hydrogen-bond acceptors (Lipinski definition) is 3. The highest BCUT2D eigenvalue weighted by Gasteiger charge is 2.10. The molecule has 1 aromatic carbocycles. The molecule has 5 heteroatoms. The average Bonchev–Trinajstić information content (AvgIpc) is 2.68. The third-order valence-electron chi connectivity index (χ3n) is 2.52. The minimum atomic E-state index is 0.509. The highest BCUT2D eigenvalue weighted by atomic mass is 127. The third kappa shape index (κ3) is 1.76. The maximum Gasteiger partial charge on any atom is 0.165 e. The number of nitrogen functional groups attached to an aromatic ring is 1. The molecule has 17 heavy (non-hydrogen) atoms. The number of pyridine rings is 1. The van der Waals surface area contributed by atoms with Gasteiger partial charge in [0.05, 0.1) is 11.1 Å². The molecule has 0 unspecified atom stereocenters. The van der Waals surface area contributed by atoms with Gasteiger partial charge in [-0.05, 0) is 40.8 Å². The van der Waals surface area contributed by atoms with Crippen LogP contribution >= 0.6 is 22.6 Å². The minimum absolute atomic E-state index is 0.509. The largest absolute Gasteiger partial charge is 0.382 e. The van der Waals surface area contributed by atoms with Crippen molar-refractivity contribution in [2.45, 2.75) is 0 Å². The summed E-state index contributed by atoms with van der Waals surface area (Å²) in [6.07, 6.45) is 1.81. The summed E-state index contributed by atoms with van der Waals surface area (Å²) in [6, 6.07) is 11.8. The van der Waals surface area contributed by atoms with Crippen molar-refractivity contribution in [3.8, 4) is 5.69 Å². The molecule has 0 amide bonds. The molecular weight excluding hydrogens is 327 g/mol. The fraction of sp³-hybridized carbons (Fsp3) is 0. The van der Waals surface area contributed by atoms with Crippen LogP contribution in [0.5, 0.6) is 0 Å². The summed E-state index contributed by atoms with van der Waals surface area (Å²) in [7, 11) is 0. The maximum atomic E-state index is 5.91. The van der Waals surface area contributed by atoms with Crippen LogP contribution in [0.4, 0.5) is 5.82 Å². The van der Waals surface area contributed by atoms with Crippen molar-refractivity contribution in [1.82, 2.24) is 14.8 Å². The number of benzene rings is 1. The van der Waals surface area contributed by atoms with Gasteiger partial charge in [0.1, 0.15) is 0 Å². The first-order valence-electron chi connectivity index (χ1n) is 5.11. The lowest BCUT2D eigenvalue weighted by Crippen LogP contribution is -1.97. The third-order valence-corrected chi connectivity index (χ3v) is 3.11. The summed E-state index contributed by atoms with van der Waals surface area (Å²) >= 11 is 2.21. The Morgan fingerprint density at radius 3 is 2.71 bits per heavy atom. The Hall–Kier alpha value is -1.63. The van der Waals surface area contributed by atoms with Crippen molar-refractivity contribution >= 4 is 39.4 Å². The molecule has 0 atom stereocenters. The van der Waals surface area contributed by atoms with Crippen molar-refractivity contribution in [1.29, 1.82) is 0 Å². The van der Waals surface area contributed by atoms with E-state index < -0.39 is 0 Å². The van der Waals surface area contributed by atoms with Crippen molar-refractivity contribution in [2.24, 2.45) is 0 Å². The summed E-state index contributed by atoms with van der Waals surface area (Å²) in [4.78, 5) is 4.39. The van der Waals surface area contributed by atoms with Gasteiger partial charge < -0.3 is 5.73 Å². The predicted octanol–water partition coefficient (Wildman–Crippen LogP) is 2.61. The molecule has 3 aromatic rings. The quantitative estimate of drug-likeness (QED) is 0.695. The van der Waals surface area contributed by atoms with Crippen LogP contribution in [0.25, 0.3) is 16.7 Å². The van der Waals surface area contributed by atoms with E-state index in [1.54, 1.807) is 4.68 Å². The Labute approximate surface area is 112 Å². The molecule has 0 aliphatic carbocycles. The lowest BCUT2D eigenvalue weighted by Gasteiger charge is -2.01. The van der Waals surface area contributed by atoms with E-state index in [4.69, 9.17) is 5.73 Å². The average molecular weight is 336 g/mol. The minimum Gasteiger partial charge on any atom is -0.382 e. The molecule has 0 spiro atoms. The number of hydrogen-bond donors (Lipinski definition) is 1. The van der Waals surface area contributed by atoms with E-state index in [2.05, 4.69) is 32.7 Å².